The van der Waals surface area contributed by atoms with Gasteiger partial charge in [0.25, 0.3) is 0 Å². The second kappa shape index (κ2) is 11.0. The summed E-state index contributed by atoms with van der Waals surface area (Å²) < 4.78 is 5.71. The van der Waals surface area contributed by atoms with Crippen LogP contribution in [0.2, 0.25) is 0 Å². The molecule has 3 atom stereocenters. The SMILES string of the molecule is CN1C[C@@H](OC(=O)N2CCCCC2)C[C@H](C(=O)NO)[C@H]1C(=O)N1CC=C(c2ccccc2)CC1. The molecule has 3 heterocycles. The van der Waals surface area contributed by atoms with Crippen LogP contribution in [0.15, 0.2) is 36.4 Å². The first-order valence-corrected chi connectivity index (χ1v) is 12.1. The molecule has 2 fully saturated rings. The highest BCUT2D eigenvalue weighted by atomic mass is 16.6. The van der Waals surface area contributed by atoms with Crippen molar-refractivity contribution < 1.29 is 24.3 Å². The molecule has 0 spiro atoms. The summed E-state index contributed by atoms with van der Waals surface area (Å²) in [5.41, 5.74) is 4.07. The number of ether oxygens (including phenoxy) is 1. The maximum atomic E-state index is 13.5. The fraction of sp³-hybridized carbons (Fsp3) is 0.560. The number of hydrogen-bond acceptors (Lipinski definition) is 6. The van der Waals surface area contributed by atoms with Gasteiger partial charge >= 0.3 is 6.09 Å². The molecule has 1 aromatic rings. The zero-order valence-electron chi connectivity index (χ0n) is 19.7. The maximum absolute atomic E-state index is 13.5. The minimum atomic E-state index is -0.824. The van der Waals surface area contributed by atoms with E-state index in [1.54, 1.807) is 27.2 Å². The monoisotopic (exact) mass is 470 g/mol. The average Bonchev–Trinajstić information content (AvgIpc) is 2.88. The Morgan fingerprint density at radius 3 is 2.41 bits per heavy atom. The van der Waals surface area contributed by atoms with E-state index in [-0.39, 0.29) is 18.4 Å². The first-order valence-electron chi connectivity index (χ1n) is 12.1. The average molecular weight is 471 g/mol. The molecule has 1 aromatic carbocycles. The van der Waals surface area contributed by atoms with E-state index in [2.05, 4.69) is 18.2 Å². The van der Waals surface area contributed by atoms with Gasteiger partial charge in [-0.05, 0) is 50.3 Å². The van der Waals surface area contributed by atoms with Crippen LogP contribution in [-0.2, 0) is 14.3 Å². The standard InChI is InChI=1S/C25H34N4O5/c1-27-17-20(34-25(32)29-12-6-3-7-13-29)16-21(23(30)26-33)22(27)24(31)28-14-10-19(11-15-28)18-8-4-2-5-9-18/h2,4-5,8-10,20-22,33H,3,6-7,11-17H2,1H3,(H,26,30)/t20-,21-,22-/m0/s1. The Morgan fingerprint density at radius 2 is 1.76 bits per heavy atom. The van der Waals surface area contributed by atoms with Gasteiger partial charge in [0.2, 0.25) is 11.8 Å². The highest BCUT2D eigenvalue weighted by Gasteiger charge is 2.45. The third-order valence-corrected chi connectivity index (χ3v) is 7.11. The maximum Gasteiger partial charge on any atom is 0.410 e. The van der Waals surface area contributed by atoms with Crippen LogP contribution in [0.3, 0.4) is 0 Å². The molecule has 9 nitrogen and oxygen atoms in total. The van der Waals surface area contributed by atoms with E-state index in [9.17, 15) is 19.6 Å². The molecule has 0 bridgehead atoms. The van der Waals surface area contributed by atoms with E-state index in [1.807, 2.05) is 18.2 Å². The van der Waals surface area contributed by atoms with Gasteiger partial charge in [0.05, 0.1) is 5.92 Å². The summed E-state index contributed by atoms with van der Waals surface area (Å²) in [4.78, 5) is 43.9. The lowest BCUT2D eigenvalue weighted by molar-refractivity contribution is -0.151. The normalized spacial score (nSPS) is 25.9. The molecule has 34 heavy (non-hydrogen) atoms. The van der Waals surface area contributed by atoms with E-state index in [1.165, 1.54) is 5.57 Å². The number of amides is 3. The van der Waals surface area contributed by atoms with Crippen LogP contribution in [0.25, 0.3) is 5.57 Å². The van der Waals surface area contributed by atoms with Gasteiger partial charge in [-0.25, -0.2) is 10.3 Å². The number of hydroxylamine groups is 1. The van der Waals surface area contributed by atoms with Crippen LogP contribution in [0.5, 0.6) is 0 Å². The largest absolute Gasteiger partial charge is 0.445 e. The van der Waals surface area contributed by atoms with Gasteiger partial charge in [-0.2, -0.15) is 0 Å². The number of nitrogens with one attached hydrogen (secondary N) is 1. The molecule has 3 amide bonds. The lowest BCUT2D eigenvalue weighted by Gasteiger charge is -2.43. The van der Waals surface area contributed by atoms with Crippen molar-refractivity contribution >= 4 is 23.5 Å². The van der Waals surface area contributed by atoms with Gasteiger partial charge in [-0.3, -0.25) is 19.7 Å². The fourth-order valence-corrected chi connectivity index (χ4v) is 5.27. The summed E-state index contributed by atoms with van der Waals surface area (Å²) >= 11 is 0. The van der Waals surface area contributed by atoms with E-state index >= 15 is 0 Å². The van der Waals surface area contributed by atoms with Crippen molar-refractivity contribution in [2.45, 2.75) is 44.2 Å². The van der Waals surface area contributed by atoms with Crippen molar-refractivity contribution in [1.82, 2.24) is 20.2 Å². The molecule has 0 aromatic heterocycles. The highest BCUT2D eigenvalue weighted by molar-refractivity contribution is 5.90. The minimum Gasteiger partial charge on any atom is -0.445 e. The Kier molecular flexibility index (Phi) is 7.84. The van der Waals surface area contributed by atoms with E-state index < -0.39 is 24.0 Å². The molecule has 0 saturated carbocycles. The summed E-state index contributed by atoms with van der Waals surface area (Å²) in [6.07, 6.45) is 5.10. The summed E-state index contributed by atoms with van der Waals surface area (Å²) in [7, 11) is 1.76. The number of likely N-dealkylation sites (N-methyl/N-ethyl adjacent to an activating group) is 1. The molecule has 3 aliphatic heterocycles. The molecule has 0 aliphatic carbocycles. The summed E-state index contributed by atoms with van der Waals surface area (Å²) in [5, 5.41) is 9.35. The van der Waals surface area contributed by atoms with Crippen molar-refractivity contribution in [3.05, 3.63) is 42.0 Å². The van der Waals surface area contributed by atoms with Crippen molar-refractivity contribution in [1.29, 1.82) is 0 Å². The molecule has 3 aliphatic rings. The third kappa shape index (κ3) is 5.42. The quantitative estimate of drug-likeness (QED) is 0.516. The number of piperidine rings is 2. The fourth-order valence-electron chi connectivity index (χ4n) is 5.27. The van der Waals surface area contributed by atoms with Crippen LogP contribution in [0.4, 0.5) is 4.79 Å². The van der Waals surface area contributed by atoms with Crippen LogP contribution in [0, 0.1) is 5.92 Å². The molecule has 2 saturated heterocycles. The van der Waals surface area contributed by atoms with Crippen molar-refractivity contribution in [2.24, 2.45) is 5.92 Å². The molecule has 0 radical (unpaired) electrons. The van der Waals surface area contributed by atoms with Gasteiger partial charge in [0.1, 0.15) is 12.1 Å². The number of benzene rings is 1. The predicted molar refractivity (Wildman–Crippen MR) is 126 cm³/mol. The lowest BCUT2D eigenvalue weighted by Crippen LogP contribution is -2.60. The Bertz CT molecular complexity index is 915. The third-order valence-electron chi connectivity index (χ3n) is 7.11. The molecule has 9 heteroatoms. The summed E-state index contributed by atoms with van der Waals surface area (Å²) in [5.74, 6) is -1.61. The number of rotatable bonds is 4. The van der Waals surface area contributed by atoms with Gasteiger partial charge in [0.15, 0.2) is 0 Å². The van der Waals surface area contributed by atoms with Crippen LogP contribution in [-0.4, -0.2) is 89.7 Å². The molecular weight excluding hydrogens is 436 g/mol. The molecule has 4 rings (SSSR count). The number of carbonyl (C=O) groups excluding carboxylic acids is 3. The second-order valence-electron chi connectivity index (χ2n) is 9.39. The summed E-state index contributed by atoms with van der Waals surface area (Å²) in [6.45, 7) is 2.73. The van der Waals surface area contributed by atoms with Crippen LogP contribution >= 0.6 is 0 Å². The number of nitrogens with zero attached hydrogens (tertiary/aromatic N) is 3. The van der Waals surface area contributed by atoms with E-state index in [0.29, 0.717) is 32.7 Å². The van der Waals surface area contributed by atoms with Crippen LogP contribution in [0.1, 0.15) is 37.7 Å². The number of carbonyl (C=O) groups is 3. The van der Waals surface area contributed by atoms with Gasteiger partial charge in [0, 0.05) is 32.7 Å². The van der Waals surface area contributed by atoms with Gasteiger partial charge in [-0.1, -0.05) is 36.4 Å². The first-order chi connectivity index (χ1) is 16.5. The van der Waals surface area contributed by atoms with Crippen molar-refractivity contribution in [2.75, 3.05) is 39.8 Å². The van der Waals surface area contributed by atoms with E-state index in [0.717, 1.165) is 31.2 Å². The Morgan fingerprint density at radius 1 is 1.03 bits per heavy atom. The highest BCUT2D eigenvalue weighted by Crippen LogP contribution is 2.29. The molecular formula is C25H34N4O5. The van der Waals surface area contributed by atoms with Crippen LogP contribution < -0.4 is 5.48 Å². The Balaban J connectivity index is 1.42. The second-order valence-corrected chi connectivity index (χ2v) is 9.39. The zero-order valence-corrected chi connectivity index (χ0v) is 19.7. The van der Waals surface area contributed by atoms with E-state index in [4.69, 9.17) is 4.74 Å². The predicted octanol–water partition coefficient (Wildman–Crippen LogP) is 2.12. The zero-order chi connectivity index (χ0) is 24.1. The number of hydrogen-bond donors (Lipinski definition) is 2. The Labute approximate surface area is 200 Å². The first kappa shape index (κ1) is 24.2. The lowest BCUT2D eigenvalue weighted by atomic mass is 9.86. The minimum absolute atomic E-state index is 0.153. The summed E-state index contributed by atoms with van der Waals surface area (Å²) in [6, 6.07) is 9.36. The van der Waals surface area contributed by atoms with Gasteiger partial charge in [-0.15, -0.1) is 0 Å². The van der Waals surface area contributed by atoms with Gasteiger partial charge < -0.3 is 14.5 Å². The number of likely N-dealkylation sites (tertiary alicyclic amines) is 2. The van der Waals surface area contributed by atoms with Crippen molar-refractivity contribution in [3.8, 4) is 0 Å². The molecule has 0 unspecified atom stereocenters. The smallest absolute Gasteiger partial charge is 0.410 e. The topological polar surface area (TPSA) is 102 Å². The molecule has 184 valence electrons. The molecule has 2 N–H and O–H groups in total. The Hall–Kier alpha value is -2.91. The van der Waals surface area contributed by atoms with Crippen molar-refractivity contribution in [3.63, 3.8) is 0 Å².